The highest BCUT2D eigenvalue weighted by Crippen LogP contribution is 2.36. The Labute approximate surface area is 375 Å². The first-order chi connectivity index (χ1) is 32.2. The summed E-state index contributed by atoms with van der Waals surface area (Å²) in [6.45, 7) is 3.39. The molecule has 23 nitrogen and oxygen atoms in total. The fraction of sp³-hybridized carbons (Fsp3) is 0.302. The van der Waals surface area contributed by atoms with E-state index in [1.54, 1.807) is 65.3 Å². The van der Waals surface area contributed by atoms with Crippen LogP contribution in [0.5, 0.6) is 0 Å². The largest absolute Gasteiger partial charge is 0.422 e. The summed E-state index contributed by atoms with van der Waals surface area (Å²) in [5, 5.41) is 36.1. The minimum Gasteiger partial charge on any atom is -0.422 e. The monoisotopic (exact) mass is 895 g/mol. The Balaban J connectivity index is 0.757. The summed E-state index contributed by atoms with van der Waals surface area (Å²) in [5.41, 5.74) is 4.76. The van der Waals surface area contributed by atoms with Crippen LogP contribution in [-0.2, 0) is 18.5 Å². The first-order valence-electron chi connectivity index (χ1n) is 21.3. The van der Waals surface area contributed by atoms with Gasteiger partial charge in [0, 0.05) is 75.9 Å². The molecule has 0 aromatic carbocycles. The Morgan fingerprint density at radius 2 is 1.47 bits per heavy atom. The third kappa shape index (κ3) is 8.76. The van der Waals surface area contributed by atoms with Gasteiger partial charge >= 0.3 is 0 Å². The van der Waals surface area contributed by atoms with Crippen LogP contribution in [-0.4, -0.2) is 125 Å². The van der Waals surface area contributed by atoms with Crippen LogP contribution < -0.4 is 36.8 Å². The number of nitrogens with zero attached hydrogens (tertiary/aromatic N) is 11. The van der Waals surface area contributed by atoms with Crippen molar-refractivity contribution in [3.8, 4) is 22.5 Å². The van der Waals surface area contributed by atoms with Crippen molar-refractivity contribution in [1.82, 2.24) is 54.8 Å². The van der Waals surface area contributed by atoms with E-state index in [0.717, 1.165) is 38.0 Å². The van der Waals surface area contributed by atoms with Crippen molar-refractivity contribution in [3.63, 3.8) is 0 Å². The summed E-state index contributed by atoms with van der Waals surface area (Å²) in [5.74, 6) is 0.727. The summed E-state index contributed by atoms with van der Waals surface area (Å²) in [6.07, 6.45) is 9.22. The van der Waals surface area contributed by atoms with Crippen LogP contribution in [0.3, 0.4) is 0 Å². The van der Waals surface area contributed by atoms with Crippen LogP contribution in [0.25, 0.3) is 45.0 Å². The molecular weight excluding hydrogens is 851 g/mol. The average molecular weight is 896 g/mol. The molecule has 10 rings (SSSR count). The summed E-state index contributed by atoms with van der Waals surface area (Å²) < 4.78 is 20.9. The molecule has 0 atom stereocenters. The smallest absolute Gasteiger partial charge is 0.297 e. The minimum atomic E-state index is -0.456. The SMILES string of the molecule is CNc1nc2nc(NCCO)oc2cc1C(=O)Nc1cccc(-c2cnn(COCCNc3nc4nc(N5CC6(CCCN6)C5)c(C(=O)Nc5cccc(-c6cnn(C)c6)n5)cc4o3)c2)n1. The number of rotatable bonds is 17. The number of aryl methyl sites for hydroxylation is 1. The molecule has 2 fully saturated rings. The van der Waals surface area contributed by atoms with Crippen LogP contribution >= 0.6 is 0 Å². The van der Waals surface area contributed by atoms with Crippen molar-refractivity contribution < 1.29 is 28.3 Å². The van der Waals surface area contributed by atoms with Crippen molar-refractivity contribution in [1.29, 1.82) is 0 Å². The van der Waals surface area contributed by atoms with E-state index in [4.69, 9.17) is 23.7 Å². The van der Waals surface area contributed by atoms with Gasteiger partial charge in [-0.2, -0.15) is 20.2 Å². The molecule has 2 amide bonds. The number of aliphatic hydroxyl groups is 1. The fourth-order valence-electron chi connectivity index (χ4n) is 7.98. The summed E-state index contributed by atoms with van der Waals surface area (Å²) >= 11 is 0. The summed E-state index contributed by atoms with van der Waals surface area (Å²) in [4.78, 5) is 56.8. The molecule has 2 saturated heterocycles. The second-order valence-corrected chi connectivity index (χ2v) is 15.9. The molecule has 2 aliphatic rings. The van der Waals surface area contributed by atoms with Gasteiger partial charge in [-0.05, 0) is 43.7 Å². The van der Waals surface area contributed by atoms with Crippen molar-refractivity contribution in [2.24, 2.45) is 7.05 Å². The minimum absolute atomic E-state index is 0.0259. The first-order valence-corrected chi connectivity index (χ1v) is 21.3. The van der Waals surface area contributed by atoms with E-state index in [0.29, 0.717) is 74.8 Å². The Bertz CT molecular complexity index is 3050. The molecule has 7 N–H and O–H groups in total. The van der Waals surface area contributed by atoms with Crippen molar-refractivity contribution in [2.75, 3.05) is 84.5 Å². The maximum Gasteiger partial charge on any atom is 0.297 e. The van der Waals surface area contributed by atoms with Gasteiger partial charge in [0.05, 0.1) is 53.7 Å². The zero-order valence-corrected chi connectivity index (χ0v) is 35.9. The van der Waals surface area contributed by atoms with Gasteiger partial charge in [0.25, 0.3) is 23.8 Å². The first kappa shape index (κ1) is 42.0. The number of ether oxygens (including phenoxy) is 1. The Morgan fingerprint density at radius 3 is 2.12 bits per heavy atom. The molecule has 1 spiro atoms. The van der Waals surface area contributed by atoms with Crippen molar-refractivity contribution in [3.05, 3.63) is 84.4 Å². The van der Waals surface area contributed by atoms with Gasteiger partial charge in [0.1, 0.15) is 30.0 Å². The number of carbonyl (C=O) groups excluding carboxylic acids is 2. The van der Waals surface area contributed by atoms with Gasteiger partial charge in [-0.3, -0.25) is 14.3 Å². The van der Waals surface area contributed by atoms with E-state index >= 15 is 0 Å². The highest BCUT2D eigenvalue weighted by molar-refractivity contribution is 6.09. The predicted molar refractivity (Wildman–Crippen MR) is 243 cm³/mol. The van der Waals surface area contributed by atoms with Crippen LogP contribution in [0.1, 0.15) is 33.6 Å². The van der Waals surface area contributed by atoms with Crippen molar-refractivity contribution >= 4 is 69.6 Å². The molecule has 0 saturated carbocycles. The maximum atomic E-state index is 13.9. The Hall–Kier alpha value is -8.02. The molecule has 23 heteroatoms. The summed E-state index contributed by atoms with van der Waals surface area (Å²) in [7, 11) is 3.49. The fourth-order valence-corrected chi connectivity index (χ4v) is 7.98. The number of anilines is 6. The number of hydrogen-bond acceptors (Lipinski definition) is 19. The van der Waals surface area contributed by atoms with E-state index in [1.165, 1.54) is 0 Å². The van der Waals surface area contributed by atoms with Gasteiger partial charge in [-0.15, -0.1) is 0 Å². The van der Waals surface area contributed by atoms with E-state index in [-0.39, 0.29) is 55.5 Å². The number of hydrogen-bond donors (Lipinski definition) is 7. The molecule has 338 valence electrons. The molecule has 2 aliphatic heterocycles. The molecule has 0 bridgehead atoms. The normalized spacial score (nSPS) is 14.2. The third-order valence-corrected chi connectivity index (χ3v) is 11.1. The predicted octanol–water partition coefficient (Wildman–Crippen LogP) is 3.79. The lowest BCUT2D eigenvalue weighted by atomic mass is 9.88. The van der Waals surface area contributed by atoms with Crippen molar-refractivity contribution in [2.45, 2.75) is 25.1 Å². The molecule has 10 heterocycles. The van der Waals surface area contributed by atoms with Gasteiger partial charge in [0.2, 0.25) is 11.3 Å². The van der Waals surface area contributed by atoms with Crippen LogP contribution in [0.2, 0.25) is 0 Å². The van der Waals surface area contributed by atoms with E-state index < -0.39 is 5.91 Å². The lowest BCUT2D eigenvalue weighted by Gasteiger charge is -2.49. The molecule has 66 heavy (non-hydrogen) atoms. The van der Waals surface area contributed by atoms with E-state index in [9.17, 15) is 9.59 Å². The third-order valence-electron chi connectivity index (χ3n) is 11.1. The number of carbonyl (C=O) groups is 2. The molecule has 0 aliphatic carbocycles. The molecule has 8 aromatic heterocycles. The molecular formula is C43H45N17O6. The Kier molecular flexibility index (Phi) is 11.4. The van der Waals surface area contributed by atoms with Gasteiger partial charge in [-0.1, -0.05) is 12.1 Å². The van der Waals surface area contributed by atoms with Crippen LogP contribution in [0.15, 0.2) is 82.2 Å². The topological polar surface area (TPSA) is 278 Å². The maximum absolute atomic E-state index is 13.9. The number of aromatic nitrogens is 10. The zero-order chi connectivity index (χ0) is 45.2. The van der Waals surface area contributed by atoms with Crippen LogP contribution in [0.4, 0.5) is 35.3 Å². The summed E-state index contributed by atoms with van der Waals surface area (Å²) in [6, 6.07) is 14.4. The lowest BCUT2D eigenvalue weighted by Crippen LogP contribution is -2.67. The van der Waals surface area contributed by atoms with Gasteiger partial charge < -0.3 is 55.5 Å². The second-order valence-electron chi connectivity index (χ2n) is 15.9. The number of aliphatic hydroxyl groups excluding tert-OH is 1. The quantitative estimate of drug-likeness (QED) is 0.0640. The highest BCUT2D eigenvalue weighted by Gasteiger charge is 2.46. The number of amides is 2. The van der Waals surface area contributed by atoms with Gasteiger partial charge in [-0.25, -0.2) is 24.6 Å². The number of nitrogens with one attached hydrogen (secondary N) is 6. The van der Waals surface area contributed by atoms with E-state index in [1.807, 2.05) is 31.4 Å². The zero-order valence-electron chi connectivity index (χ0n) is 35.9. The Morgan fingerprint density at radius 1 is 0.818 bits per heavy atom. The van der Waals surface area contributed by atoms with Crippen LogP contribution in [0, 0.1) is 0 Å². The molecule has 0 unspecified atom stereocenters. The van der Waals surface area contributed by atoms with E-state index in [2.05, 4.69) is 71.9 Å². The average Bonchev–Trinajstić information content (AvgIpc) is 4.18. The molecule has 8 aromatic rings. The highest BCUT2D eigenvalue weighted by atomic mass is 16.5. The van der Waals surface area contributed by atoms with Gasteiger partial charge in [0.15, 0.2) is 11.2 Å². The molecule has 0 radical (unpaired) electrons. The second kappa shape index (κ2) is 17.9. The number of oxazole rings is 2. The lowest BCUT2D eigenvalue weighted by molar-refractivity contribution is 0.0763. The standard InChI is InChI=1S/C43H45N17O6/c1-44-35-27(16-31-36(54-35)56-41(65-31)45-12-14-61)39(62)52-33-8-4-7-30(51-33)26-19-49-60(21-26)24-64-15-13-46-42-57-37-32(66-42)17-28(38(55-37)59-22-43(23-59)10-5-11-47-43)40(63)53-34-9-3-6-29(50-34)25-18-48-58(2)20-25/h3-4,6-9,16-21,47,61H,5,10-15,22-24H2,1-2H3,(H,46,55,57)(H,50,53,63)(H,51,52,62)(H2,44,45,54,56). The number of fused-ring (bicyclic) bond motifs is 2. The number of pyridine rings is 4.